The van der Waals surface area contributed by atoms with E-state index in [2.05, 4.69) is 24.9 Å². The van der Waals surface area contributed by atoms with Crippen LogP contribution in [-0.4, -0.2) is 114 Å². The van der Waals surface area contributed by atoms with Gasteiger partial charge in [-0.1, -0.05) is 23.7 Å². The fourth-order valence-electron chi connectivity index (χ4n) is 11.2. The van der Waals surface area contributed by atoms with Crippen molar-refractivity contribution < 1.29 is 45.2 Å². The monoisotopic (exact) mass is 1110 g/mol. The lowest BCUT2D eigenvalue weighted by Gasteiger charge is -2.38. The highest BCUT2D eigenvalue weighted by Gasteiger charge is 2.37. The maximum Gasteiger partial charge on any atom is 0.297 e. The number of fused-ring (bicyclic) bond motifs is 3. The van der Waals surface area contributed by atoms with Gasteiger partial charge in [-0.25, -0.2) is 25.9 Å². The zero-order valence-corrected chi connectivity index (χ0v) is 44.9. The van der Waals surface area contributed by atoms with Crippen molar-refractivity contribution >= 4 is 82.5 Å². The number of rotatable bonds is 12. The molecule has 23 heteroatoms. The van der Waals surface area contributed by atoms with Crippen LogP contribution in [-0.2, 0) is 24.6 Å². The molecular formula is C54H55ClFN9O10S2. The van der Waals surface area contributed by atoms with Gasteiger partial charge in [-0.2, -0.15) is 4.98 Å². The van der Waals surface area contributed by atoms with Gasteiger partial charge in [0.2, 0.25) is 5.88 Å². The molecule has 1 atom stereocenters. The average Bonchev–Trinajstić information content (AvgIpc) is 4.24. The predicted octanol–water partition coefficient (Wildman–Crippen LogP) is 9.27. The lowest BCUT2D eigenvalue weighted by molar-refractivity contribution is -0.384. The molecule has 1 unspecified atom stereocenters. The third-order valence-corrected chi connectivity index (χ3v) is 17.6. The average molecular weight is 1110 g/mol. The van der Waals surface area contributed by atoms with Gasteiger partial charge in [0.05, 0.1) is 44.2 Å². The summed E-state index contributed by atoms with van der Waals surface area (Å²) in [4.78, 5) is 39.7. The lowest BCUT2D eigenvalue weighted by atomic mass is 9.91. The number of carbonyl (C=O) groups excluding carboxylic acids is 1. The molecule has 3 aromatic heterocycles. The molecule has 4 aromatic carbocycles. The number of pyridine rings is 1. The summed E-state index contributed by atoms with van der Waals surface area (Å²) in [5, 5.41) is 17.0. The SMILES string of the molecule is Cc1c(S(C)(=O)=O)c(-c2cc(F)cc(N3CCN(c4ccc(C(=O)NS(=O)(=O)c5cc6c(c([N+](=O)[O-])c5)NC(C5CCOCC5)CO6)c(N5CCOc6nc7[nH]ccc7cc65)c4)CC3)c2)c(-c2ccc(Cl)cc2)n1C(C)C. The van der Waals surface area contributed by atoms with Gasteiger partial charge in [0.1, 0.15) is 30.4 Å². The van der Waals surface area contributed by atoms with E-state index in [0.717, 1.165) is 36.1 Å². The Hall–Kier alpha value is -7.40. The zero-order valence-electron chi connectivity index (χ0n) is 42.5. The number of hydrogen-bond donors (Lipinski definition) is 3. The highest BCUT2D eigenvalue weighted by Crippen LogP contribution is 2.46. The Balaban J connectivity index is 0.904. The zero-order chi connectivity index (χ0) is 54.1. The molecule has 402 valence electrons. The Labute approximate surface area is 449 Å². The van der Waals surface area contributed by atoms with Gasteiger partial charge in [0.25, 0.3) is 21.6 Å². The van der Waals surface area contributed by atoms with Crippen molar-refractivity contribution in [3.05, 3.63) is 123 Å². The minimum atomic E-state index is -4.75. The normalized spacial score (nSPS) is 17.1. The summed E-state index contributed by atoms with van der Waals surface area (Å²) in [6, 6.07) is 22.3. The van der Waals surface area contributed by atoms with Crippen molar-refractivity contribution in [2.45, 2.75) is 55.5 Å². The highest BCUT2D eigenvalue weighted by molar-refractivity contribution is 7.91. The van der Waals surface area contributed by atoms with Crippen molar-refractivity contribution in [2.24, 2.45) is 5.92 Å². The number of sulfone groups is 1. The molecule has 7 heterocycles. The number of nitrogens with zero attached hydrogens (tertiary/aromatic N) is 6. The number of piperazine rings is 1. The molecule has 0 bridgehead atoms. The number of hydrogen-bond acceptors (Lipinski definition) is 15. The second-order valence-electron chi connectivity index (χ2n) is 20.0. The van der Waals surface area contributed by atoms with Crippen molar-refractivity contribution in [3.8, 4) is 34.0 Å². The van der Waals surface area contributed by atoms with Gasteiger partial charge in [0.15, 0.2) is 21.3 Å². The van der Waals surface area contributed by atoms with Gasteiger partial charge in [-0.05, 0) is 111 Å². The summed E-state index contributed by atoms with van der Waals surface area (Å²) in [5.41, 5.74) is 4.98. The van der Waals surface area contributed by atoms with Crippen LogP contribution in [0, 0.1) is 28.8 Å². The van der Waals surface area contributed by atoms with Crippen LogP contribution in [0.25, 0.3) is 33.4 Å². The second kappa shape index (κ2) is 20.2. The van der Waals surface area contributed by atoms with Crippen molar-refractivity contribution in [1.29, 1.82) is 0 Å². The number of halogens is 2. The smallest absolute Gasteiger partial charge is 0.297 e. The summed E-state index contributed by atoms with van der Waals surface area (Å²) in [6.07, 6.45) is 4.39. The third kappa shape index (κ3) is 9.87. The molecule has 2 saturated heterocycles. The summed E-state index contributed by atoms with van der Waals surface area (Å²) in [5.74, 6) is -1.11. The van der Waals surface area contributed by atoms with E-state index in [1.807, 2.05) is 58.5 Å². The molecule has 2 fully saturated rings. The summed E-state index contributed by atoms with van der Waals surface area (Å²) < 4.78 is 93.4. The van der Waals surface area contributed by atoms with E-state index >= 15 is 4.39 Å². The Morgan fingerprint density at radius 3 is 2.30 bits per heavy atom. The molecule has 7 aromatic rings. The summed E-state index contributed by atoms with van der Waals surface area (Å²) in [7, 11) is -8.57. The molecule has 1 amide bonds. The third-order valence-electron chi connectivity index (χ3n) is 14.8. The van der Waals surface area contributed by atoms with Crippen LogP contribution in [0.3, 0.4) is 0 Å². The molecule has 4 aliphatic rings. The number of aromatic nitrogens is 3. The van der Waals surface area contributed by atoms with Crippen LogP contribution in [0.15, 0.2) is 101 Å². The van der Waals surface area contributed by atoms with Crippen LogP contribution in [0.5, 0.6) is 11.6 Å². The van der Waals surface area contributed by atoms with Crippen LogP contribution in [0.1, 0.15) is 48.8 Å². The minimum absolute atomic E-state index is 0.0112. The van der Waals surface area contributed by atoms with Crippen LogP contribution >= 0.6 is 11.6 Å². The van der Waals surface area contributed by atoms with Crippen molar-refractivity contribution in [2.75, 3.05) is 85.4 Å². The molecule has 4 aliphatic heterocycles. The quantitative estimate of drug-likeness (QED) is 0.0766. The number of ether oxygens (including phenoxy) is 3. The van der Waals surface area contributed by atoms with Gasteiger partial charge < -0.3 is 43.8 Å². The Bertz CT molecular complexity index is 3730. The van der Waals surface area contributed by atoms with E-state index in [1.54, 1.807) is 43.5 Å². The van der Waals surface area contributed by atoms with E-state index < -0.39 is 47.1 Å². The van der Waals surface area contributed by atoms with E-state index in [9.17, 15) is 31.7 Å². The Morgan fingerprint density at radius 2 is 1.60 bits per heavy atom. The van der Waals surface area contributed by atoms with Gasteiger partial charge in [-0.3, -0.25) is 14.9 Å². The number of benzene rings is 4. The first kappa shape index (κ1) is 51.7. The second-order valence-corrected chi connectivity index (χ2v) is 24.1. The molecular weight excluding hydrogens is 1050 g/mol. The molecule has 0 saturated carbocycles. The lowest BCUT2D eigenvalue weighted by Crippen LogP contribution is -2.46. The van der Waals surface area contributed by atoms with E-state index in [4.69, 9.17) is 25.8 Å². The fourth-order valence-corrected chi connectivity index (χ4v) is 13.6. The summed E-state index contributed by atoms with van der Waals surface area (Å²) >= 11 is 6.30. The van der Waals surface area contributed by atoms with Gasteiger partial charge in [0, 0.05) is 103 Å². The molecule has 19 nitrogen and oxygen atoms in total. The van der Waals surface area contributed by atoms with Gasteiger partial charge in [-0.15, -0.1) is 0 Å². The molecule has 0 spiro atoms. The molecule has 0 radical (unpaired) electrons. The molecule has 3 N–H and O–H groups in total. The molecule has 0 aliphatic carbocycles. The number of carbonyl (C=O) groups is 1. The number of amides is 1. The van der Waals surface area contributed by atoms with E-state index in [1.165, 1.54) is 18.2 Å². The Kier molecular flexibility index (Phi) is 13.6. The first-order valence-corrected chi connectivity index (χ1v) is 29.0. The first-order valence-electron chi connectivity index (χ1n) is 25.2. The molecule has 11 rings (SSSR count). The molecule has 77 heavy (non-hydrogen) atoms. The van der Waals surface area contributed by atoms with Crippen LogP contribution in [0.2, 0.25) is 5.02 Å². The maximum atomic E-state index is 16.0. The topological polar surface area (TPSA) is 224 Å². The van der Waals surface area contributed by atoms with Crippen molar-refractivity contribution in [1.82, 2.24) is 19.3 Å². The number of H-pyrrole nitrogens is 1. The highest BCUT2D eigenvalue weighted by atomic mass is 35.5. The van der Waals surface area contributed by atoms with Crippen LogP contribution in [0.4, 0.5) is 38.5 Å². The van der Waals surface area contributed by atoms with Crippen molar-refractivity contribution in [3.63, 3.8) is 0 Å². The number of anilines is 5. The largest absolute Gasteiger partial charge is 0.489 e. The number of nitro groups is 1. The fraction of sp³-hybridized carbons (Fsp3) is 0.333. The minimum Gasteiger partial charge on any atom is -0.489 e. The Morgan fingerprint density at radius 1 is 0.870 bits per heavy atom. The number of nitro benzene ring substituents is 1. The van der Waals surface area contributed by atoms with Gasteiger partial charge >= 0.3 is 0 Å². The van der Waals surface area contributed by atoms with E-state index in [0.29, 0.717) is 101 Å². The first-order chi connectivity index (χ1) is 36.8. The van der Waals surface area contributed by atoms with E-state index in [-0.39, 0.29) is 59.7 Å². The number of aromatic amines is 1. The number of nitrogens with one attached hydrogen (secondary N) is 3. The number of sulfonamides is 1. The maximum absolute atomic E-state index is 16.0. The summed E-state index contributed by atoms with van der Waals surface area (Å²) in [6.45, 7) is 9.14. The standard InChI is InChI=1S/C54H55ClFN9O10S2/c1-31(2)64-32(3)51(76(4,69)70)48(50(64)34-5-7-37(55)8-6-34)36-23-38(56)26-40(24-36)62-17-15-61(16-18-62)39-9-10-42(44(27-39)63-19-22-74-54-46(63)25-35-11-14-57-52(35)59-54)53(66)60-77(71,72)41-28-45(65(67)68)49-47(29-41)75-30-43(58-49)33-12-20-73-21-13-33/h5-11,14,23-29,31,33,43,58H,12-13,15-22,30H2,1-4H3,(H,57,59)(H,60,66). The predicted molar refractivity (Wildman–Crippen MR) is 292 cm³/mol. The van der Waals surface area contributed by atoms with Crippen LogP contribution < -0.4 is 34.2 Å².